The van der Waals surface area contributed by atoms with Crippen molar-refractivity contribution in [3.8, 4) is 28.2 Å². The molecule has 0 saturated heterocycles. The number of thiophene rings is 1. The van der Waals surface area contributed by atoms with Crippen molar-refractivity contribution in [3.05, 3.63) is 134 Å². The molecule has 0 radical (unpaired) electrons. The SMILES string of the molecule is c1ccc(-c2cc(-c3ccccc3)nc(-n3c4ccccc4c4cnc5c(ncc6c7ccccc7sc65)c43)c2)cc1. The maximum atomic E-state index is 5.29. The van der Waals surface area contributed by atoms with E-state index in [2.05, 4.69) is 120 Å². The van der Waals surface area contributed by atoms with Gasteiger partial charge in [0.1, 0.15) is 16.9 Å². The number of rotatable bonds is 3. The number of fused-ring (bicyclic) bond motifs is 9. The summed E-state index contributed by atoms with van der Waals surface area (Å²) >= 11 is 1.78. The lowest BCUT2D eigenvalue weighted by molar-refractivity contribution is 1.08. The molecule has 4 nitrogen and oxygen atoms in total. The van der Waals surface area contributed by atoms with Crippen molar-refractivity contribution >= 4 is 64.3 Å². The first kappa shape index (κ1) is 23.3. The average Bonchev–Trinajstić information content (AvgIpc) is 3.62. The van der Waals surface area contributed by atoms with Crippen molar-refractivity contribution in [1.29, 1.82) is 0 Å². The number of hydrogen-bond donors (Lipinski definition) is 0. The van der Waals surface area contributed by atoms with Gasteiger partial charge in [0.15, 0.2) is 0 Å². The zero-order valence-corrected chi connectivity index (χ0v) is 23.2. The van der Waals surface area contributed by atoms with Gasteiger partial charge in [-0.05, 0) is 35.4 Å². The topological polar surface area (TPSA) is 43.6 Å². The molecule has 0 unspecified atom stereocenters. The van der Waals surface area contributed by atoms with Gasteiger partial charge in [-0.15, -0.1) is 11.3 Å². The van der Waals surface area contributed by atoms with Gasteiger partial charge < -0.3 is 0 Å². The second-order valence-corrected chi connectivity index (χ2v) is 11.6. The number of benzene rings is 4. The molecule has 5 heterocycles. The van der Waals surface area contributed by atoms with Crippen LogP contribution in [0.15, 0.2) is 134 Å². The highest BCUT2D eigenvalue weighted by Crippen LogP contribution is 2.41. The summed E-state index contributed by atoms with van der Waals surface area (Å²) in [4.78, 5) is 15.4. The fourth-order valence-corrected chi connectivity index (χ4v) is 7.31. The van der Waals surface area contributed by atoms with Crippen molar-refractivity contribution in [2.45, 2.75) is 0 Å². The molecule has 0 N–H and O–H groups in total. The molecule has 9 rings (SSSR count). The third-order valence-corrected chi connectivity index (χ3v) is 9.27. The lowest BCUT2D eigenvalue weighted by Crippen LogP contribution is -2.01. The molecule has 42 heavy (non-hydrogen) atoms. The first-order valence-electron chi connectivity index (χ1n) is 13.9. The van der Waals surface area contributed by atoms with Crippen LogP contribution in [0.4, 0.5) is 0 Å². The Morgan fingerprint density at radius 2 is 1.19 bits per heavy atom. The normalized spacial score (nSPS) is 11.8. The van der Waals surface area contributed by atoms with E-state index in [-0.39, 0.29) is 0 Å². The smallest absolute Gasteiger partial charge is 0.138 e. The van der Waals surface area contributed by atoms with Crippen LogP contribution in [0.2, 0.25) is 0 Å². The molecular weight excluding hydrogens is 533 g/mol. The minimum Gasteiger partial charge on any atom is -0.291 e. The van der Waals surface area contributed by atoms with E-state index in [1.807, 2.05) is 18.5 Å². The number of hydrogen-bond acceptors (Lipinski definition) is 4. The molecule has 5 aromatic heterocycles. The third-order valence-electron chi connectivity index (χ3n) is 8.07. The second-order valence-electron chi connectivity index (χ2n) is 10.5. The number of nitrogens with zero attached hydrogens (tertiary/aromatic N) is 4. The largest absolute Gasteiger partial charge is 0.291 e. The van der Waals surface area contributed by atoms with Crippen LogP contribution in [-0.2, 0) is 0 Å². The molecule has 0 atom stereocenters. The Bertz CT molecular complexity index is 2400. The molecule has 5 heteroatoms. The summed E-state index contributed by atoms with van der Waals surface area (Å²) < 4.78 is 4.68. The van der Waals surface area contributed by atoms with E-state index in [0.29, 0.717) is 0 Å². The lowest BCUT2D eigenvalue weighted by atomic mass is 10.0. The maximum absolute atomic E-state index is 5.29. The van der Waals surface area contributed by atoms with Crippen LogP contribution in [0.5, 0.6) is 0 Å². The van der Waals surface area contributed by atoms with Crippen molar-refractivity contribution < 1.29 is 0 Å². The molecule has 0 aliphatic carbocycles. The second kappa shape index (κ2) is 9.06. The summed E-state index contributed by atoms with van der Waals surface area (Å²) in [6.45, 7) is 0. The van der Waals surface area contributed by atoms with Crippen LogP contribution in [-0.4, -0.2) is 19.5 Å². The fraction of sp³-hybridized carbons (Fsp3) is 0. The molecule has 0 aliphatic rings. The molecule has 0 spiro atoms. The van der Waals surface area contributed by atoms with E-state index in [4.69, 9.17) is 15.0 Å². The minimum absolute atomic E-state index is 0.854. The van der Waals surface area contributed by atoms with Crippen molar-refractivity contribution in [2.24, 2.45) is 0 Å². The highest BCUT2D eigenvalue weighted by atomic mass is 32.1. The monoisotopic (exact) mass is 554 g/mol. The van der Waals surface area contributed by atoms with Gasteiger partial charge in [0.05, 0.1) is 21.4 Å². The van der Waals surface area contributed by atoms with Crippen LogP contribution in [0.3, 0.4) is 0 Å². The molecule has 0 amide bonds. The molecule has 0 bridgehead atoms. The van der Waals surface area contributed by atoms with Gasteiger partial charge in [-0.1, -0.05) is 97.1 Å². The van der Waals surface area contributed by atoms with Crippen molar-refractivity contribution in [2.75, 3.05) is 0 Å². The average molecular weight is 555 g/mol. The maximum Gasteiger partial charge on any atom is 0.138 e. The van der Waals surface area contributed by atoms with E-state index in [9.17, 15) is 0 Å². The molecular formula is C37H22N4S. The number of pyridine rings is 3. The lowest BCUT2D eigenvalue weighted by Gasteiger charge is -2.13. The summed E-state index contributed by atoms with van der Waals surface area (Å²) in [7, 11) is 0. The van der Waals surface area contributed by atoms with Crippen LogP contribution in [0, 0.1) is 0 Å². The van der Waals surface area contributed by atoms with Gasteiger partial charge >= 0.3 is 0 Å². The Morgan fingerprint density at radius 3 is 2.02 bits per heavy atom. The van der Waals surface area contributed by atoms with Crippen molar-refractivity contribution in [3.63, 3.8) is 0 Å². The van der Waals surface area contributed by atoms with Gasteiger partial charge in [0.2, 0.25) is 0 Å². The highest BCUT2D eigenvalue weighted by molar-refractivity contribution is 7.26. The van der Waals surface area contributed by atoms with Crippen LogP contribution >= 0.6 is 11.3 Å². The third kappa shape index (κ3) is 3.44. The van der Waals surface area contributed by atoms with Crippen LogP contribution in [0.1, 0.15) is 0 Å². The molecule has 196 valence electrons. The molecule has 4 aromatic carbocycles. The zero-order valence-electron chi connectivity index (χ0n) is 22.4. The standard InChI is InChI=1S/C37H22N4S/c1-3-11-23(12-4-1)25-19-30(24-13-5-2-6-14-24)40-33(20-25)41-31-17-9-7-15-26(31)28-21-39-35-34(36(28)41)38-22-29-27-16-8-10-18-32(27)42-37(29)35/h1-22H. The Morgan fingerprint density at radius 1 is 0.524 bits per heavy atom. The first-order chi connectivity index (χ1) is 20.8. The summed E-state index contributed by atoms with van der Waals surface area (Å²) in [5.74, 6) is 0.854. The summed E-state index contributed by atoms with van der Waals surface area (Å²) in [6.07, 6.45) is 4.03. The quantitative estimate of drug-likeness (QED) is 0.218. The fourth-order valence-electron chi connectivity index (χ4n) is 6.14. The Labute approximate surface area is 245 Å². The van der Waals surface area contributed by atoms with Gasteiger partial charge in [-0.3, -0.25) is 14.5 Å². The van der Waals surface area contributed by atoms with Crippen molar-refractivity contribution in [1.82, 2.24) is 19.5 Å². The predicted molar refractivity (Wildman–Crippen MR) is 175 cm³/mol. The van der Waals surface area contributed by atoms with E-state index in [1.54, 1.807) is 11.3 Å². The molecule has 0 saturated carbocycles. The van der Waals surface area contributed by atoms with E-state index in [1.165, 1.54) is 10.1 Å². The predicted octanol–water partition coefficient (Wildman–Crippen LogP) is 9.82. The van der Waals surface area contributed by atoms with E-state index in [0.717, 1.165) is 71.1 Å². The van der Waals surface area contributed by atoms with Gasteiger partial charge in [-0.2, -0.15) is 0 Å². The summed E-state index contributed by atoms with van der Waals surface area (Å²) in [5.41, 5.74) is 8.18. The molecule has 0 aliphatic heterocycles. The van der Waals surface area contributed by atoms with Gasteiger partial charge in [0.25, 0.3) is 0 Å². The zero-order chi connectivity index (χ0) is 27.6. The first-order valence-corrected chi connectivity index (χ1v) is 14.8. The van der Waals surface area contributed by atoms with Gasteiger partial charge in [0, 0.05) is 44.2 Å². The molecule has 0 fully saturated rings. The molecule has 9 aromatic rings. The van der Waals surface area contributed by atoms with Crippen LogP contribution in [0.25, 0.3) is 81.2 Å². The summed E-state index contributed by atoms with van der Waals surface area (Å²) in [6, 6.07) is 42.3. The number of aromatic nitrogens is 4. The highest BCUT2D eigenvalue weighted by Gasteiger charge is 2.20. The Kier molecular flexibility index (Phi) is 5.03. The Hall–Kier alpha value is -5.39. The van der Waals surface area contributed by atoms with E-state index < -0.39 is 0 Å². The van der Waals surface area contributed by atoms with Gasteiger partial charge in [-0.25, -0.2) is 4.98 Å². The van der Waals surface area contributed by atoms with Crippen LogP contribution < -0.4 is 0 Å². The minimum atomic E-state index is 0.854. The van der Waals surface area contributed by atoms with E-state index >= 15 is 0 Å². The Balaban J connectivity index is 1.42. The summed E-state index contributed by atoms with van der Waals surface area (Å²) in [5, 5.41) is 4.57. The number of para-hydroxylation sites is 1.